The van der Waals surface area contributed by atoms with Gasteiger partial charge in [0.15, 0.2) is 10.2 Å². The number of thioether (sulfide) groups is 2. The zero-order chi connectivity index (χ0) is 20.9. The maximum absolute atomic E-state index is 12.2. The molecule has 0 radical (unpaired) electrons. The van der Waals surface area contributed by atoms with Crippen LogP contribution in [0.2, 0.25) is 0 Å². The van der Waals surface area contributed by atoms with E-state index in [1.54, 1.807) is 6.21 Å². The number of nitrogens with zero attached hydrogens (tertiary/aromatic N) is 6. The van der Waals surface area contributed by atoms with Gasteiger partial charge in [0.1, 0.15) is 6.04 Å². The van der Waals surface area contributed by atoms with Gasteiger partial charge in [0, 0.05) is 5.69 Å². The number of amides is 2. The van der Waals surface area contributed by atoms with Crippen LogP contribution in [0.5, 0.6) is 0 Å². The van der Waals surface area contributed by atoms with Gasteiger partial charge in [-0.1, -0.05) is 53.1 Å². The van der Waals surface area contributed by atoms with Gasteiger partial charge in [-0.3, -0.25) is 14.9 Å². The van der Waals surface area contributed by atoms with Crippen LogP contribution in [0.15, 0.2) is 44.9 Å². The molecule has 0 saturated heterocycles. The summed E-state index contributed by atoms with van der Waals surface area (Å²) in [7, 11) is 0. The minimum absolute atomic E-state index is 0.102. The van der Waals surface area contributed by atoms with E-state index in [0.29, 0.717) is 20.5 Å². The van der Waals surface area contributed by atoms with Gasteiger partial charge < -0.3 is 11.1 Å². The predicted octanol–water partition coefficient (Wildman–Crippen LogP) is 1.44. The highest BCUT2D eigenvalue weighted by atomic mass is 32.2. The van der Waals surface area contributed by atoms with Crippen LogP contribution in [-0.2, 0) is 9.59 Å². The van der Waals surface area contributed by atoms with Crippen LogP contribution >= 0.6 is 34.9 Å². The number of hydrogen-bond acceptors (Lipinski definition) is 11. The predicted molar refractivity (Wildman–Crippen MR) is 116 cm³/mol. The van der Waals surface area contributed by atoms with Gasteiger partial charge in [0.05, 0.1) is 17.7 Å². The van der Waals surface area contributed by atoms with Gasteiger partial charge in [-0.2, -0.15) is 9.78 Å². The van der Waals surface area contributed by atoms with Crippen molar-refractivity contribution in [1.29, 1.82) is 0 Å². The van der Waals surface area contributed by atoms with E-state index < -0.39 is 0 Å². The number of anilines is 2. The van der Waals surface area contributed by atoms with Crippen LogP contribution in [-0.4, -0.2) is 54.6 Å². The van der Waals surface area contributed by atoms with Crippen LogP contribution in [0.25, 0.3) is 0 Å². The number of fused-ring (bicyclic) bond motifs is 1. The third-order valence-electron chi connectivity index (χ3n) is 3.65. The van der Waals surface area contributed by atoms with E-state index >= 15 is 0 Å². The van der Waals surface area contributed by atoms with Gasteiger partial charge in [-0.15, -0.1) is 20.4 Å². The molecule has 2 amide bonds. The fourth-order valence-electron chi connectivity index (χ4n) is 2.34. The highest BCUT2D eigenvalue weighted by Crippen LogP contribution is 2.26. The molecule has 0 saturated carbocycles. The Morgan fingerprint density at radius 1 is 1.03 bits per heavy atom. The van der Waals surface area contributed by atoms with E-state index in [1.165, 1.54) is 39.5 Å². The van der Waals surface area contributed by atoms with Crippen molar-refractivity contribution in [1.82, 2.24) is 25.1 Å². The maximum atomic E-state index is 12.2. The van der Waals surface area contributed by atoms with Crippen molar-refractivity contribution in [3.8, 4) is 0 Å². The highest BCUT2D eigenvalue weighted by Gasteiger charge is 2.22. The second-order valence-electron chi connectivity index (χ2n) is 5.86. The summed E-state index contributed by atoms with van der Waals surface area (Å²) in [4.78, 5) is 24.2. The van der Waals surface area contributed by atoms with E-state index in [-0.39, 0.29) is 29.4 Å². The Bertz CT molecular complexity index is 1080. The molecule has 11 nitrogen and oxygen atoms in total. The van der Waals surface area contributed by atoms with Crippen molar-refractivity contribution in [2.24, 2.45) is 10.8 Å². The topological polar surface area (TPSA) is 153 Å². The lowest BCUT2D eigenvalue weighted by Gasteiger charge is -2.03. The van der Waals surface area contributed by atoms with Crippen molar-refractivity contribution in [2.75, 3.05) is 22.1 Å². The number of aromatic nitrogens is 5. The molecule has 1 atom stereocenters. The molecule has 4 N–H and O–H groups in total. The standard InChI is InChI=1S/C16H15N9O2S3/c17-10-6-18-25-13(10)21-23-15(25)28-7-12(27)20-14-22-24-16(30-14)29-8-11(26)19-9-4-2-1-3-5-9/h1-6,10H,7-8,17H2,(H,19,26)(H,20,22,27). The number of para-hydroxylation sites is 1. The fourth-order valence-corrected chi connectivity index (χ4v) is 4.60. The van der Waals surface area contributed by atoms with E-state index in [4.69, 9.17) is 5.73 Å². The first-order valence-electron chi connectivity index (χ1n) is 8.58. The number of nitrogens with two attached hydrogens (primary N) is 1. The zero-order valence-corrected chi connectivity index (χ0v) is 17.7. The maximum Gasteiger partial charge on any atom is 0.236 e. The first-order valence-corrected chi connectivity index (χ1v) is 11.4. The molecule has 3 aromatic rings. The van der Waals surface area contributed by atoms with Crippen LogP contribution < -0.4 is 16.4 Å². The molecule has 2 aromatic heterocycles. The van der Waals surface area contributed by atoms with Gasteiger partial charge in [0.25, 0.3) is 0 Å². The number of carbonyl (C=O) groups excluding carboxylic acids is 2. The van der Waals surface area contributed by atoms with Crippen LogP contribution in [0.1, 0.15) is 11.9 Å². The minimum atomic E-state index is -0.382. The summed E-state index contributed by atoms with van der Waals surface area (Å²) in [6.07, 6.45) is 1.56. The van der Waals surface area contributed by atoms with Gasteiger partial charge in [-0.25, -0.2) is 0 Å². The first kappa shape index (κ1) is 20.5. The van der Waals surface area contributed by atoms with E-state index in [2.05, 4.69) is 36.1 Å². The Morgan fingerprint density at radius 3 is 2.63 bits per heavy atom. The number of carbonyl (C=O) groups is 2. The molecule has 0 fully saturated rings. The molecule has 14 heteroatoms. The molecule has 154 valence electrons. The fraction of sp³-hybridized carbons (Fsp3) is 0.188. The Hall–Kier alpha value is -2.81. The summed E-state index contributed by atoms with van der Waals surface area (Å²) in [5, 5.41) is 26.3. The normalized spacial score (nSPS) is 14.5. The summed E-state index contributed by atoms with van der Waals surface area (Å²) in [5.74, 6) is 0.419. The Kier molecular flexibility index (Phi) is 6.37. The molecule has 0 aliphatic carbocycles. The molecular weight excluding hydrogens is 446 g/mol. The highest BCUT2D eigenvalue weighted by molar-refractivity contribution is 8.01. The lowest BCUT2D eigenvalue weighted by molar-refractivity contribution is -0.114. The summed E-state index contributed by atoms with van der Waals surface area (Å²) >= 11 is 3.64. The smallest absolute Gasteiger partial charge is 0.236 e. The Balaban J connectivity index is 1.22. The molecule has 1 aliphatic rings. The molecule has 30 heavy (non-hydrogen) atoms. The molecule has 4 rings (SSSR count). The Labute approximate surface area is 182 Å². The zero-order valence-electron chi connectivity index (χ0n) is 15.3. The first-order chi connectivity index (χ1) is 14.6. The molecule has 1 aliphatic heterocycles. The third kappa shape index (κ3) is 5.02. The summed E-state index contributed by atoms with van der Waals surface area (Å²) in [6.45, 7) is 0. The minimum Gasteiger partial charge on any atom is -0.325 e. The number of nitrogens with one attached hydrogen (secondary N) is 2. The van der Waals surface area contributed by atoms with E-state index in [1.807, 2.05) is 30.3 Å². The van der Waals surface area contributed by atoms with Crippen LogP contribution in [0.3, 0.4) is 0 Å². The molecule has 0 spiro atoms. The van der Waals surface area contributed by atoms with Crippen molar-refractivity contribution in [3.05, 3.63) is 36.2 Å². The van der Waals surface area contributed by atoms with E-state index in [9.17, 15) is 9.59 Å². The summed E-state index contributed by atoms with van der Waals surface area (Å²) in [5.41, 5.74) is 6.53. The van der Waals surface area contributed by atoms with Crippen LogP contribution in [0.4, 0.5) is 10.8 Å². The second kappa shape index (κ2) is 9.34. The average molecular weight is 462 g/mol. The SMILES string of the molecule is NC1C=Nn2c(SCC(=O)Nc3nnc(SCC(=O)Nc4ccccc4)s3)nnc21. The molecule has 0 bridgehead atoms. The van der Waals surface area contributed by atoms with E-state index in [0.717, 1.165) is 5.69 Å². The van der Waals surface area contributed by atoms with Gasteiger partial charge in [0.2, 0.25) is 22.1 Å². The number of rotatable bonds is 8. The largest absolute Gasteiger partial charge is 0.325 e. The molecular formula is C16H15N9O2S3. The molecule has 1 aromatic carbocycles. The average Bonchev–Trinajstić information content (AvgIpc) is 3.44. The summed E-state index contributed by atoms with van der Waals surface area (Å²) in [6, 6.07) is 8.81. The number of hydrogen-bond donors (Lipinski definition) is 3. The van der Waals surface area contributed by atoms with Crippen molar-refractivity contribution >= 4 is 63.7 Å². The van der Waals surface area contributed by atoms with Gasteiger partial charge >= 0.3 is 0 Å². The van der Waals surface area contributed by atoms with Gasteiger partial charge in [-0.05, 0) is 12.1 Å². The van der Waals surface area contributed by atoms with Crippen molar-refractivity contribution < 1.29 is 9.59 Å². The monoisotopic (exact) mass is 461 g/mol. The summed E-state index contributed by atoms with van der Waals surface area (Å²) < 4.78 is 2.10. The lowest BCUT2D eigenvalue weighted by Crippen LogP contribution is -2.14. The van der Waals surface area contributed by atoms with Crippen molar-refractivity contribution in [2.45, 2.75) is 15.5 Å². The quantitative estimate of drug-likeness (QED) is 0.334. The van der Waals surface area contributed by atoms with Crippen LogP contribution in [0, 0.1) is 0 Å². The van der Waals surface area contributed by atoms with Crippen molar-refractivity contribution in [3.63, 3.8) is 0 Å². The second-order valence-corrected chi connectivity index (χ2v) is 9.00. The molecule has 3 heterocycles. The molecule has 1 unspecified atom stereocenters. The third-order valence-corrected chi connectivity index (χ3v) is 6.54. The number of benzene rings is 1. The lowest BCUT2D eigenvalue weighted by atomic mass is 10.3. The Morgan fingerprint density at radius 2 is 1.80 bits per heavy atom.